The van der Waals surface area contributed by atoms with Crippen LogP contribution in [0.4, 0.5) is 5.69 Å². The molecule has 2 nitrogen and oxygen atoms in total. The molecule has 0 radical (unpaired) electrons. The molecule has 62 valence electrons. The van der Waals surface area contributed by atoms with Gasteiger partial charge in [-0.15, -0.1) is 0 Å². The van der Waals surface area contributed by atoms with Gasteiger partial charge in [0.15, 0.2) is 0 Å². The lowest BCUT2D eigenvalue weighted by Gasteiger charge is -2.05. The molecule has 1 rings (SSSR count). The van der Waals surface area contributed by atoms with Crippen LogP contribution in [0.5, 0.6) is 0 Å². The highest BCUT2D eigenvalue weighted by Gasteiger charge is 1.98. The Bertz CT molecular complexity index is 216. The molecule has 2 heteroatoms. The Labute approximate surface area is 68.2 Å². The van der Waals surface area contributed by atoms with Crippen molar-refractivity contribution in [2.24, 2.45) is 7.05 Å². The molecule has 0 fully saturated rings. The Morgan fingerprint density at radius 2 is 2.09 bits per heavy atom. The molecule has 0 aliphatic rings. The van der Waals surface area contributed by atoms with Gasteiger partial charge in [-0.05, 0) is 26.8 Å². The number of aromatic nitrogens is 1. The summed E-state index contributed by atoms with van der Waals surface area (Å²) in [5, 5.41) is 3.35. The van der Waals surface area contributed by atoms with Crippen molar-refractivity contribution in [3.8, 4) is 0 Å². The molecular formula is C9H16N2. The van der Waals surface area contributed by atoms with Crippen molar-refractivity contribution in [2.75, 3.05) is 5.32 Å². The number of nitrogens with one attached hydrogen (secondary N) is 1. The lowest BCUT2D eigenvalue weighted by atomic mass is 10.3. The zero-order valence-corrected chi connectivity index (χ0v) is 7.68. The summed E-state index contributed by atoms with van der Waals surface area (Å²) in [6.07, 6.45) is 2.11. The summed E-state index contributed by atoms with van der Waals surface area (Å²) in [6.45, 7) is 6.39. The van der Waals surface area contributed by atoms with Gasteiger partial charge in [0.25, 0.3) is 0 Å². The Kier molecular flexibility index (Phi) is 2.22. The van der Waals surface area contributed by atoms with Gasteiger partial charge in [-0.3, -0.25) is 0 Å². The zero-order chi connectivity index (χ0) is 8.43. The number of rotatable bonds is 2. The van der Waals surface area contributed by atoms with Crippen molar-refractivity contribution >= 4 is 5.69 Å². The number of hydrogen-bond donors (Lipinski definition) is 1. The van der Waals surface area contributed by atoms with E-state index in [1.165, 1.54) is 11.4 Å². The summed E-state index contributed by atoms with van der Waals surface area (Å²) in [5.74, 6) is 0. The van der Waals surface area contributed by atoms with E-state index < -0.39 is 0 Å². The third-order valence-corrected chi connectivity index (χ3v) is 1.71. The second-order valence-electron chi connectivity index (χ2n) is 3.28. The lowest BCUT2D eigenvalue weighted by molar-refractivity contribution is 0.874. The van der Waals surface area contributed by atoms with E-state index in [9.17, 15) is 0 Å². The number of aryl methyl sites for hydroxylation is 2. The van der Waals surface area contributed by atoms with E-state index in [0.29, 0.717) is 6.04 Å². The van der Waals surface area contributed by atoms with Crippen LogP contribution in [0.15, 0.2) is 12.3 Å². The number of nitrogens with zero attached hydrogens (tertiary/aromatic N) is 1. The normalized spacial score (nSPS) is 10.6. The fraction of sp³-hybridized carbons (Fsp3) is 0.556. The third-order valence-electron chi connectivity index (χ3n) is 1.71. The summed E-state index contributed by atoms with van der Waals surface area (Å²) in [5.41, 5.74) is 2.49. The maximum absolute atomic E-state index is 3.35. The topological polar surface area (TPSA) is 17.0 Å². The van der Waals surface area contributed by atoms with Crippen LogP contribution in [0.1, 0.15) is 19.5 Å². The first-order valence-corrected chi connectivity index (χ1v) is 3.99. The van der Waals surface area contributed by atoms with Crippen LogP contribution in [0.25, 0.3) is 0 Å². The van der Waals surface area contributed by atoms with Gasteiger partial charge in [-0.2, -0.15) is 0 Å². The summed E-state index contributed by atoms with van der Waals surface area (Å²) in [6, 6.07) is 2.66. The minimum Gasteiger partial charge on any atom is -0.382 e. The number of anilines is 1. The minimum atomic E-state index is 0.511. The van der Waals surface area contributed by atoms with Crippen molar-refractivity contribution in [1.82, 2.24) is 4.57 Å². The molecule has 11 heavy (non-hydrogen) atoms. The molecule has 0 saturated heterocycles. The molecule has 0 aliphatic heterocycles. The molecule has 0 amide bonds. The van der Waals surface area contributed by atoms with Crippen LogP contribution in [0.3, 0.4) is 0 Å². The summed E-state index contributed by atoms with van der Waals surface area (Å²) < 4.78 is 2.12. The fourth-order valence-corrected chi connectivity index (χ4v) is 1.09. The Morgan fingerprint density at radius 3 is 2.45 bits per heavy atom. The van der Waals surface area contributed by atoms with Gasteiger partial charge in [0.05, 0.1) is 5.69 Å². The third kappa shape index (κ3) is 2.00. The van der Waals surface area contributed by atoms with E-state index >= 15 is 0 Å². The first-order valence-electron chi connectivity index (χ1n) is 3.99. The lowest BCUT2D eigenvalue weighted by Crippen LogP contribution is -2.08. The van der Waals surface area contributed by atoms with E-state index in [1.807, 2.05) is 0 Å². The minimum absolute atomic E-state index is 0.511. The van der Waals surface area contributed by atoms with Crippen LogP contribution in [0.2, 0.25) is 0 Å². The molecule has 0 unspecified atom stereocenters. The Balaban J connectivity index is 2.73. The Hall–Kier alpha value is -0.920. The quantitative estimate of drug-likeness (QED) is 0.687. The highest BCUT2D eigenvalue weighted by molar-refractivity contribution is 5.44. The average Bonchev–Trinajstić information content (AvgIpc) is 2.10. The highest BCUT2D eigenvalue weighted by Crippen LogP contribution is 2.12. The van der Waals surface area contributed by atoms with E-state index in [2.05, 4.69) is 50.0 Å². The van der Waals surface area contributed by atoms with Crippen LogP contribution < -0.4 is 5.32 Å². The second-order valence-corrected chi connectivity index (χ2v) is 3.28. The van der Waals surface area contributed by atoms with E-state index in [4.69, 9.17) is 0 Å². The second kappa shape index (κ2) is 2.99. The largest absolute Gasteiger partial charge is 0.382 e. The molecule has 1 N–H and O–H groups in total. The summed E-state index contributed by atoms with van der Waals surface area (Å²) in [7, 11) is 2.06. The molecule has 0 saturated carbocycles. The maximum Gasteiger partial charge on any atom is 0.0524 e. The van der Waals surface area contributed by atoms with Gasteiger partial charge in [-0.25, -0.2) is 0 Å². The van der Waals surface area contributed by atoms with Gasteiger partial charge in [0, 0.05) is 25.0 Å². The van der Waals surface area contributed by atoms with Crippen molar-refractivity contribution in [1.29, 1.82) is 0 Å². The molecular weight excluding hydrogens is 136 g/mol. The summed E-state index contributed by atoms with van der Waals surface area (Å²) >= 11 is 0. The first kappa shape index (κ1) is 8.18. The van der Waals surface area contributed by atoms with Gasteiger partial charge in [0.2, 0.25) is 0 Å². The monoisotopic (exact) mass is 152 g/mol. The van der Waals surface area contributed by atoms with Crippen LogP contribution in [0, 0.1) is 6.92 Å². The SMILES string of the molecule is Cc1cc(NC(C)C)cn1C. The van der Waals surface area contributed by atoms with Gasteiger partial charge in [0.1, 0.15) is 0 Å². The number of hydrogen-bond acceptors (Lipinski definition) is 1. The van der Waals surface area contributed by atoms with Crippen LogP contribution >= 0.6 is 0 Å². The van der Waals surface area contributed by atoms with Crippen molar-refractivity contribution in [3.63, 3.8) is 0 Å². The van der Waals surface area contributed by atoms with Gasteiger partial charge >= 0.3 is 0 Å². The molecule has 1 aromatic heterocycles. The van der Waals surface area contributed by atoms with Gasteiger partial charge in [-0.1, -0.05) is 0 Å². The standard InChI is InChI=1S/C9H16N2/c1-7(2)10-9-5-8(3)11(4)6-9/h5-7,10H,1-4H3. The summed E-state index contributed by atoms with van der Waals surface area (Å²) in [4.78, 5) is 0. The maximum atomic E-state index is 3.35. The van der Waals surface area contributed by atoms with E-state index in [-0.39, 0.29) is 0 Å². The van der Waals surface area contributed by atoms with Crippen LogP contribution in [-0.2, 0) is 7.05 Å². The smallest absolute Gasteiger partial charge is 0.0524 e. The molecule has 1 heterocycles. The Morgan fingerprint density at radius 1 is 1.45 bits per heavy atom. The fourth-order valence-electron chi connectivity index (χ4n) is 1.09. The molecule has 0 spiro atoms. The van der Waals surface area contributed by atoms with Crippen molar-refractivity contribution in [3.05, 3.63) is 18.0 Å². The predicted molar refractivity (Wildman–Crippen MR) is 48.9 cm³/mol. The van der Waals surface area contributed by atoms with E-state index in [1.54, 1.807) is 0 Å². The zero-order valence-electron chi connectivity index (χ0n) is 7.68. The van der Waals surface area contributed by atoms with Crippen molar-refractivity contribution < 1.29 is 0 Å². The molecule has 0 aliphatic carbocycles. The highest BCUT2D eigenvalue weighted by atomic mass is 15.0. The van der Waals surface area contributed by atoms with Gasteiger partial charge < -0.3 is 9.88 Å². The molecule has 0 aromatic carbocycles. The predicted octanol–water partition coefficient (Wildman–Crippen LogP) is 2.15. The van der Waals surface area contributed by atoms with Crippen molar-refractivity contribution in [2.45, 2.75) is 26.8 Å². The first-order chi connectivity index (χ1) is 5.09. The van der Waals surface area contributed by atoms with E-state index in [0.717, 1.165) is 0 Å². The average molecular weight is 152 g/mol. The molecule has 1 aromatic rings. The van der Waals surface area contributed by atoms with Crippen LogP contribution in [-0.4, -0.2) is 10.6 Å². The molecule has 0 bridgehead atoms. The molecule has 0 atom stereocenters.